The van der Waals surface area contributed by atoms with Gasteiger partial charge in [0.05, 0.1) is 15.8 Å². The summed E-state index contributed by atoms with van der Waals surface area (Å²) in [7, 11) is -6.97. The molecule has 2 aromatic rings. The van der Waals surface area contributed by atoms with E-state index in [9.17, 15) is 21.6 Å². The summed E-state index contributed by atoms with van der Waals surface area (Å²) in [5, 5.41) is 2.76. The number of hydrogen-bond donors (Lipinski definition) is 2. The second kappa shape index (κ2) is 9.17. The Balaban J connectivity index is 1.88. The number of amides is 1. The van der Waals surface area contributed by atoms with Crippen molar-refractivity contribution in [1.82, 2.24) is 10.0 Å². The summed E-state index contributed by atoms with van der Waals surface area (Å²) < 4.78 is 50.4. The molecular formula is C18H21BrN2O5S2. The maximum absolute atomic E-state index is 12.2. The van der Waals surface area contributed by atoms with Crippen LogP contribution in [0.25, 0.3) is 0 Å². The molecule has 10 heteroatoms. The molecule has 1 atom stereocenters. The highest BCUT2D eigenvalue weighted by molar-refractivity contribution is 9.10. The Labute approximate surface area is 173 Å². The third-order valence-electron chi connectivity index (χ3n) is 3.94. The van der Waals surface area contributed by atoms with Crippen LogP contribution >= 0.6 is 15.9 Å². The minimum Gasteiger partial charge on any atom is -0.350 e. The highest BCUT2D eigenvalue weighted by Gasteiger charge is 2.16. The first kappa shape index (κ1) is 22.5. The zero-order chi connectivity index (χ0) is 20.9. The van der Waals surface area contributed by atoms with Gasteiger partial charge in [-0.3, -0.25) is 4.79 Å². The largest absolute Gasteiger partial charge is 0.350 e. The summed E-state index contributed by atoms with van der Waals surface area (Å²) in [6.45, 7) is 1.72. The fraction of sp³-hybridized carbons (Fsp3) is 0.278. The van der Waals surface area contributed by atoms with Gasteiger partial charge in [-0.05, 0) is 42.8 Å². The SMILES string of the molecule is CC(NC(=O)CCNS(=O)(=O)c1cccc(Br)c1)c1ccc(S(C)(=O)=O)cc1. The van der Waals surface area contributed by atoms with E-state index in [1.165, 1.54) is 24.3 Å². The molecule has 28 heavy (non-hydrogen) atoms. The first-order chi connectivity index (χ1) is 13.0. The maximum Gasteiger partial charge on any atom is 0.240 e. The van der Waals surface area contributed by atoms with Crippen LogP contribution in [0, 0.1) is 0 Å². The minimum absolute atomic E-state index is 0.0288. The second-order valence-corrected chi connectivity index (χ2v) is 10.9. The van der Waals surface area contributed by atoms with Gasteiger partial charge in [0.2, 0.25) is 15.9 Å². The van der Waals surface area contributed by atoms with Crippen LogP contribution in [0.2, 0.25) is 0 Å². The van der Waals surface area contributed by atoms with E-state index < -0.39 is 19.9 Å². The number of hydrogen-bond acceptors (Lipinski definition) is 5. The highest BCUT2D eigenvalue weighted by Crippen LogP contribution is 2.17. The van der Waals surface area contributed by atoms with Crippen LogP contribution in [-0.4, -0.2) is 35.5 Å². The number of sulfonamides is 1. The summed E-state index contributed by atoms with van der Waals surface area (Å²) >= 11 is 3.22. The van der Waals surface area contributed by atoms with Crippen molar-refractivity contribution in [3.63, 3.8) is 0 Å². The molecule has 0 aliphatic carbocycles. The Morgan fingerprint density at radius 1 is 1.04 bits per heavy atom. The van der Waals surface area contributed by atoms with E-state index in [0.717, 1.165) is 11.8 Å². The molecule has 1 unspecified atom stereocenters. The quantitative estimate of drug-likeness (QED) is 0.592. The van der Waals surface area contributed by atoms with E-state index in [4.69, 9.17) is 0 Å². The summed E-state index contributed by atoms with van der Waals surface area (Å²) in [5.41, 5.74) is 0.746. The van der Waals surface area contributed by atoms with Gasteiger partial charge in [0, 0.05) is 23.7 Å². The third-order valence-corrected chi connectivity index (χ3v) is 7.02. The van der Waals surface area contributed by atoms with Gasteiger partial charge in [-0.15, -0.1) is 0 Å². The zero-order valence-corrected chi connectivity index (χ0v) is 18.6. The average Bonchev–Trinajstić information content (AvgIpc) is 2.61. The van der Waals surface area contributed by atoms with Gasteiger partial charge in [-0.1, -0.05) is 34.1 Å². The molecule has 152 valence electrons. The topological polar surface area (TPSA) is 109 Å². The molecule has 0 radical (unpaired) electrons. The lowest BCUT2D eigenvalue weighted by molar-refractivity contribution is -0.121. The molecule has 0 fully saturated rings. The molecule has 2 aromatic carbocycles. The number of carbonyl (C=O) groups excluding carboxylic acids is 1. The second-order valence-electron chi connectivity index (χ2n) is 6.24. The fourth-order valence-corrected chi connectivity index (χ4v) is 4.68. The van der Waals surface area contributed by atoms with Crippen LogP contribution < -0.4 is 10.0 Å². The summed E-state index contributed by atoms with van der Waals surface area (Å²) in [4.78, 5) is 12.4. The predicted molar refractivity (Wildman–Crippen MR) is 110 cm³/mol. The van der Waals surface area contributed by atoms with E-state index in [1.54, 1.807) is 31.2 Å². The van der Waals surface area contributed by atoms with Crippen molar-refractivity contribution in [3.8, 4) is 0 Å². The molecule has 0 bridgehead atoms. The van der Waals surface area contributed by atoms with Crippen molar-refractivity contribution < 1.29 is 21.6 Å². The van der Waals surface area contributed by atoms with E-state index in [-0.39, 0.29) is 34.7 Å². The Morgan fingerprint density at radius 2 is 1.68 bits per heavy atom. The predicted octanol–water partition coefficient (Wildman–Crippen LogP) is 2.40. The van der Waals surface area contributed by atoms with Crippen LogP contribution in [0.4, 0.5) is 0 Å². The number of halogens is 1. The van der Waals surface area contributed by atoms with Gasteiger partial charge in [0.1, 0.15) is 0 Å². The zero-order valence-electron chi connectivity index (χ0n) is 15.3. The molecule has 0 aliphatic rings. The molecule has 0 spiro atoms. The van der Waals surface area contributed by atoms with Gasteiger partial charge < -0.3 is 5.32 Å². The number of carbonyl (C=O) groups is 1. The Hall–Kier alpha value is -1.75. The van der Waals surface area contributed by atoms with Gasteiger partial charge in [0.15, 0.2) is 9.84 Å². The van der Waals surface area contributed by atoms with Crippen molar-refractivity contribution in [2.45, 2.75) is 29.2 Å². The monoisotopic (exact) mass is 488 g/mol. The molecule has 0 saturated carbocycles. The average molecular weight is 489 g/mol. The van der Waals surface area contributed by atoms with Crippen molar-refractivity contribution >= 4 is 41.7 Å². The number of benzene rings is 2. The highest BCUT2D eigenvalue weighted by atomic mass is 79.9. The third kappa shape index (κ3) is 6.40. The van der Waals surface area contributed by atoms with E-state index in [1.807, 2.05) is 0 Å². The normalized spacial score (nSPS) is 13.1. The first-order valence-electron chi connectivity index (χ1n) is 8.33. The lowest BCUT2D eigenvalue weighted by atomic mass is 10.1. The number of rotatable bonds is 8. The smallest absolute Gasteiger partial charge is 0.240 e. The lowest BCUT2D eigenvalue weighted by Gasteiger charge is -2.15. The molecule has 1 amide bonds. The van der Waals surface area contributed by atoms with Gasteiger partial charge in [-0.2, -0.15) is 0 Å². The molecular weight excluding hydrogens is 468 g/mol. The molecule has 2 rings (SSSR count). The van der Waals surface area contributed by atoms with E-state index >= 15 is 0 Å². The van der Waals surface area contributed by atoms with Crippen molar-refractivity contribution in [2.75, 3.05) is 12.8 Å². The van der Waals surface area contributed by atoms with Crippen molar-refractivity contribution in [1.29, 1.82) is 0 Å². The summed E-state index contributed by atoms with van der Waals surface area (Å²) in [6, 6.07) is 12.2. The van der Waals surface area contributed by atoms with Gasteiger partial charge in [-0.25, -0.2) is 21.6 Å². The van der Waals surface area contributed by atoms with E-state index in [2.05, 4.69) is 26.0 Å². The van der Waals surface area contributed by atoms with Gasteiger partial charge >= 0.3 is 0 Å². The Morgan fingerprint density at radius 3 is 2.25 bits per heavy atom. The van der Waals surface area contributed by atoms with Crippen LogP contribution in [0.1, 0.15) is 24.9 Å². The van der Waals surface area contributed by atoms with Crippen molar-refractivity contribution in [3.05, 3.63) is 58.6 Å². The first-order valence-corrected chi connectivity index (χ1v) is 12.5. The van der Waals surface area contributed by atoms with Crippen LogP contribution in [0.15, 0.2) is 62.8 Å². The molecule has 0 aromatic heterocycles. The van der Waals surface area contributed by atoms with Crippen LogP contribution in [-0.2, 0) is 24.7 Å². The Bertz CT molecular complexity index is 1050. The summed E-state index contributed by atoms with van der Waals surface area (Å²) in [5.74, 6) is -0.323. The van der Waals surface area contributed by atoms with E-state index in [0.29, 0.717) is 4.47 Å². The summed E-state index contributed by atoms with van der Waals surface area (Å²) in [6.07, 6.45) is 1.10. The Kier molecular flexibility index (Phi) is 7.38. The number of sulfone groups is 1. The molecule has 0 heterocycles. The lowest BCUT2D eigenvalue weighted by Crippen LogP contribution is -2.32. The van der Waals surface area contributed by atoms with Crippen molar-refractivity contribution in [2.24, 2.45) is 0 Å². The molecule has 7 nitrogen and oxygen atoms in total. The molecule has 2 N–H and O–H groups in total. The van der Waals surface area contributed by atoms with Crippen LogP contribution in [0.3, 0.4) is 0 Å². The molecule has 0 aliphatic heterocycles. The number of nitrogens with one attached hydrogen (secondary N) is 2. The van der Waals surface area contributed by atoms with Crippen LogP contribution in [0.5, 0.6) is 0 Å². The molecule has 0 saturated heterocycles. The van der Waals surface area contributed by atoms with Gasteiger partial charge in [0.25, 0.3) is 0 Å². The fourth-order valence-electron chi connectivity index (χ4n) is 2.42. The standard InChI is InChI=1S/C18H21BrN2O5S2/c1-13(14-6-8-16(9-7-14)27(2,23)24)21-18(22)10-11-20-28(25,26)17-5-3-4-15(19)12-17/h3-9,12-13,20H,10-11H2,1-2H3,(H,21,22). The minimum atomic E-state index is -3.69. The maximum atomic E-state index is 12.2.